The third-order valence-corrected chi connectivity index (χ3v) is 5.64. The molecule has 0 heterocycles. The topological polar surface area (TPSA) is 17.1 Å². The van der Waals surface area contributed by atoms with Gasteiger partial charge >= 0.3 is 0 Å². The molecule has 4 atom stereocenters. The summed E-state index contributed by atoms with van der Waals surface area (Å²) in [6.45, 7) is 9.46. The van der Waals surface area contributed by atoms with E-state index in [-0.39, 0.29) is 0 Å². The monoisotopic (exact) mass is 222 g/mol. The fourth-order valence-corrected chi connectivity index (χ4v) is 4.56. The number of fused-ring (bicyclic) bond motifs is 1. The molecule has 0 spiro atoms. The average molecular weight is 222 g/mol. The van der Waals surface area contributed by atoms with Gasteiger partial charge in [-0.1, -0.05) is 40.5 Å². The highest BCUT2D eigenvalue weighted by Gasteiger charge is 2.52. The summed E-state index contributed by atoms with van der Waals surface area (Å²) in [7, 11) is 0. The van der Waals surface area contributed by atoms with Crippen LogP contribution in [-0.4, -0.2) is 5.78 Å². The lowest BCUT2D eigenvalue weighted by atomic mass is 9.49. The van der Waals surface area contributed by atoms with E-state index in [0.29, 0.717) is 17.1 Å². The zero-order valence-electron chi connectivity index (χ0n) is 11.3. The van der Waals surface area contributed by atoms with Crippen molar-refractivity contribution >= 4 is 5.78 Å². The van der Waals surface area contributed by atoms with Crippen LogP contribution in [0.2, 0.25) is 0 Å². The van der Waals surface area contributed by atoms with Crippen LogP contribution in [0.4, 0.5) is 0 Å². The van der Waals surface area contributed by atoms with Crippen LogP contribution >= 0.6 is 0 Å². The predicted molar refractivity (Wildman–Crippen MR) is 67.2 cm³/mol. The number of hydrogen-bond acceptors (Lipinski definition) is 1. The molecule has 0 aromatic rings. The normalized spacial score (nSPS) is 44.6. The van der Waals surface area contributed by atoms with Gasteiger partial charge in [-0.15, -0.1) is 0 Å². The van der Waals surface area contributed by atoms with Gasteiger partial charge in [0, 0.05) is 12.3 Å². The fraction of sp³-hybridized carbons (Fsp3) is 0.933. The second kappa shape index (κ2) is 4.16. The lowest BCUT2D eigenvalue weighted by Gasteiger charge is -2.54. The highest BCUT2D eigenvalue weighted by Crippen LogP contribution is 2.56. The Balaban J connectivity index is 2.34. The average Bonchev–Trinajstić information content (AvgIpc) is 2.20. The first-order valence-electron chi connectivity index (χ1n) is 7.00. The van der Waals surface area contributed by atoms with Gasteiger partial charge in [0.2, 0.25) is 0 Å². The van der Waals surface area contributed by atoms with E-state index < -0.39 is 0 Å². The molecule has 0 bridgehead atoms. The Morgan fingerprint density at radius 3 is 2.56 bits per heavy atom. The second-order valence-corrected chi connectivity index (χ2v) is 6.61. The zero-order valence-corrected chi connectivity index (χ0v) is 11.3. The molecule has 2 aliphatic rings. The van der Waals surface area contributed by atoms with Crippen molar-refractivity contribution in [3.8, 4) is 0 Å². The minimum Gasteiger partial charge on any atom is -0.299 e. The number of hydrogen-bond donors (Lipinski definition) is 0. The molecule has 0 amide bonds. The van der Waals surface area contributed by atoms with Crippen molar-refractivity contribution in [1.29, 1.82) is 0 Å². The Hall–Kier alpha value is -0.330. The summed E-state index contributed by atoms with van der Waals surface area (Å²) in [4.78, 5) is 12.1. The summed E-state index contributed by atoms with van der Waals surface area (Å²) in [6, 6.07) is 0. The van der Waals surface area contributed by atoms with Gasteiger partial charge in [0.15, 0.2) is 0 Å². The Bertz CT molecular complexity index is 281. The van der Waals surface area contributed by atoms with Gasteiger partial charge in [0.05, 0.1) is 0 Å². The minimum absolute atomic E-state index is 0.293. The van der Waals surface area contributed by atoms with E-state index in [1.165, 1.54) is 12.8 Å². The first-order chi connectivity index (χ1) is 7.48. The molecule has 16 heavy (non-hydrogen) atoms. The molecule has 2 rings (SSSR count). The fourth-order valence-electron chi connectivity index (χ4n) is 4.56. The summed E-state index contributed by atoms with van der Waals surface area (Å²) < 4.78 is 0. The molecule has 2 saturated carbocycles. The molecular formula is C15H26O. The van der Waals surface area contributed by atoms with E-state index in [4.69, 9.17) is 0 Å². The SMILES string of the molecule is CC(C)C1CCC(=O)C2CCCC(C)C21C. The van der Waals surface area contributed by atoms with Crippen molar-refractivity contribution in [2.24, 2.45) is 29.1 Å². The molecule has 0 aromatic carbocycles. The van der Waals surface area contributed by atoms with E-state index in [2.05, 4.69) is 27.7 Å². The van der Waals surface area contributed by atoms with Crippen LogP contribution in [0.1, 0.15) is 59.8 Å². The molecule has 92 valence electrons. The van der Waals surface area contributed by atoms with Crippen molar-refractivity contribution in [2.75, 3.05) is 0 Å². The Kier molecular flexibility index (Phi) is 3.16. The summed E-state index contributed by atoms with van der Waals surface area (Å²) in [5, 5.41) is 0. The Labute approximate surface area is 100.0 Å². The van der Waals surface area contributed by atoms with Gasteiger partial charge in [0.25, 0.3) is 0 Å². The molecular weight excluding hydrogens is 196 g/mol. The van der Waals surface area contributed by atoms with Crippen LogP contribution in [0.3, 0.4) is 0 Å². The number of rotatable bonds is 1. The number of carbonyl (C=O) groups is 1. The molecule has 2 fully saturated rings. The van der Waals surface area contributed by atoms with Gasteiger partial charge in [-0.05, 0) is 36.0 Å². The van der Waals surface area contributed by atoms with Crippen LogP contribution in [0.5, 0.6) is 0 Å². The van der Waals surface area contributed by atoms with E-state index in [0.717, 1.165) is 37.0 Å². The molecule has 0 aliphatic heterocycles. The standard InChI is InChI=1S/C15H26O/c1-10(2)12-8-9-14(16)13-7-5-6-11(3)15(12,13)4/h10-13H,5-9H2,1-4H3. The second-order valence-electron chi connectivity index (χ2n) is 6.61. The third kappa shape index (κ3) is 1.63. The third-order valence-electron chi connectivity index (χ3n) is 5.64. The van der Waals surface area contributed by atoms with E-state index in [9.17, 15) is 4.79 Å². The largest absolute Gasteiger partial charge is 0.299 e. The summed E-state index contributed by atoms with van der Waals surface area (Å²) in [6.07, 6.45) is 5.72. The van der Waals surface area contributed by atoms with E-state index in [1.54, 1.807) is 0 Å². The van der Waals surface area contributed by atoms with Gasteiger partial charge in [-0.2, -0.15) is 0 Å². The van der Waals surface area contributed by atoms with Crippen molar-refractivity contribution in [1.82, 2.24) is 0 Å². The maximum absolute atomic E-state index is 12.1. The summed E-state index contributed by atoms with van der Waals surface area (Å²) in [5.74, 6) is 3.14. The lowest BCUT2D eigenvalue weighted by molar-refractivity contribution is -0.143. The van der Waals surface area contributed by atoms with Crippen LogP contribution in [0, 0.1) is 29.1 Å². The minimum atomic E-state index is 0.293. The van der Waals surface area contributed by atoms with E-state index >= 15 is 0 Å². The number of ketones is 1. The number of carbonyl (C=O) groups excluding carboxylic acids is 1. The first-order valence-corrected chi connectivity index (χ1v) is 7.00. The zero-order chi connectivity index (χ0) is 11.9. The van der Waals surface area contributed by atoms with Gasteiger partial charge in [0.1, 0.15) is 5.78 Å². The van der Waals surface area contributed by atoms with Crippen LogP contribution in [-0.2, 0) is 4.79 Å². The quantitative estimate of drug-likeness (QED) is 0.654. The molecule has 0 radical (unpaired) electrons. The highest BCUT2D eigenvalue weighted by molar-refractivity contribution is 5.83. The number of Topliss-reactive ketones (excluding diaryl/α,β-unsaturated/α-hetero) is 1. The summed E-state index contributed by atoms with van der Waals surface area (Å²) in [5.41, 5.74) is 0.293. The molecule has 0 aromatic heterocycles. The molecule has 0 saturated heterocycles. The predicted octanol–water partition coefficient (Wildman–Crippen LogP) is 4.06. The molecule has 1 heteroatoms. The Morgan fingerprint density at radius 1 is 1.25 bits per heavy atom. The molecule has 4 unspecified atom stereocenters. The van der Waals surface area contributed by atoms with Gasteiger partial charge in [-0.25, -0.2) is 0 Å². The summed E-state index contributed by atoms with van der Waals surface area (Å²) >= 11 is 0. The highest BCUT2D eigenvalue weighted by atomic mass is 16.1. The maximum Gasteiger partial charge on any atom is 0.136 e. The Morgan fingerprint density at radius 2 is 1.94 bits per heavy atom. The van der Waals surface area contributed by atoms with Crippen molar-refractivity contribution in [3.05, 3.63) is 0 Å². The first kappa shape index (κ1) is 12.1. The van der Waals surface area contributed by atoms with Crippen molar-refractivity contribution < 1.29 is 4.79 Å². The smallest absolute Gasteiger partial charge is 0.136 e. The van der Waals surface area contributed by atoms with Crippen LogP contribution in [0.15, 0.2) is 0 Å². The molecule has 2 aliphatic carbocycles. The molecule has 0 N–H and O–H groups in total. The maximum atomic E-state index is 12.1. The van der Waals surface area contributed by atoms with Crippen molar-refractivity contribution in [2.45, 2.75) is 59.8 Å². The lowest BCUT2D eigenvalue weighted by Crippen LogP contribution is -2.51. The van der Waals surface area contributed by atoms with E-state index in [1.807, 2.05) is 0 Å². The van der Waals surface area contributed by atoms with Crippen molar-refractivity contribution in [3.63, 3.8) is 0 Å². The molecule has 1 nitrogen and oxygen atoms in total. The van der Waals surface area contributed by atoms with Crippen LogP contribution < -0.4 is 0 Å². The van der Waals surface area contributed by atoms with Crippen LogP contribution in [0.25, 0.3) is 0 Å². The van der Waals surface area contributed by atoms with Gasteiger partial charge < -0.3 is 0 Å². The van der Waals surface area contributed by atoms with Gasteiger partial charge in [-0.3, -0.25) is 4.79 Å².